The molecule has 106 valence electrons. The lowest BCUT2D eigenvalue weighted by molar-refractivity contribution is 0.393. The van der Waals surface area contributed by atoms with E-state index in [1.165, 1.54) is 6.07 Å². The molecule has 1 N–H and O–H groups in total. The van der Waals surface area contributed by atoms with Crippen molar-refractivity contribution >= 4 is 11.6 Å². The molecule has 0 amide bonds. The summed E-state index contributed by atoms with van der Waals surface area (Å²) in [5.74, 6) is 0.257. The van der Waals surface area contributed by atoms with Gasteiger partial charge in [0, 0.05) is 16.6 Å². The van der Waals surface area contributed by atoms with Gasteiger partial charge in [-0.1, -0.05) is 35.9 Å². The quantitative estimate of drug-likeness (QED) is 0.900. The maximum Gasteiger partial charge on any atom is 0.131 e. The molecule has 0 spiro atoms. The van der Waals surface area contributed by atoms with Crippen LogP contribution in [0.25, 0.3) is 0 Å². The Balaban J connectivity index is 2.36. The van der Waals surface area contributed by atoms with Crippen molar-refractivity contribution in [3.8, 4) is 5.75 Å². The van der Waals surface area contributed by atoms with Gasteiger partial charge in [-0.25, -0.2) is 4.39 Å². The highest BCUT2D eigenvalue weighted by atomic mass is 35.5. The van der Waals surface area contributed by atoms with Crippen molar-refractivity contribution in [2.75, 3.05) is 14.2 Å². The minimum Gasteiger partial charge on any atom is -0.496 e. The van der Waals surface area contributed by atoms with Crippen LogP contribution in [0.1, 0.15) is 17.2 Å². The summed E-state index contributed by atoms with van der Waals surface area (Å²) in [5, 5.41) is 3.81. The van der Waals surface area contributed by atoms with Gasteiger partial charge in [-0.2, -0.15) is 0 Å². The molecule has 0 bridgehead atoms. The van der Waals surface area contributed by atoms with Gasteiger partial charge in [0.05, 0.1) is 7.11 Å². The molecular weight excluding hydrogens is 277 g/mol. The van der Waals surface area contributed by atoms with Crippen LogP contribution in [0.5, 0.6) is 5.75 Å². The summed E-state index contributed by atoms with van der Waals surface area (Å²) >= 11 is 6.17. The van der Waals surface area contributed by atoms with Crippen LogP contribution in [0.2, 0.25) is 5.02 Å². The summed E-state index contributed by atoms with van der Waals surface area (Å²) < 4.78 is 19.4. The van der Waals surface area contributed by atoms with Crippen LogP contribution in [0.4, 0.5) is 4.39 Å². The summed E-state index contributed by atoms with van der Waals surface area (Å²) in [7, 11) is 3.34. The molecule has 0 saturated carbocycles. The Hall–Kier alpha value is -1.58. The largest absolute Gasteiger partial charge is 0.496 e. The number of nitrogens with one attached hydrogen (secondary N) is 1. The van der Waals surface area contributed by atoms with Gasteiger partial charge in [0.2, 0.25) is 0 Å². The molecule has 0 aliphatic carbocycles. The van der Waals surface area contributed by atoms with Crippen molar-refractivity contribution in [1.29, 1.82) is 0 Å². The predicted molar refractivity (Wildman–Crippen MR) is 79.9 cm³/mol. The number of hydrogen-bond acceptors (Lipinski definition) is 2. The van der Waals surface area contributed by atoms with Gasteiger partial charge in [-0.15, -0.1) is 0 Å². The third-order valence-corrected chi connectivity index (χ3v) is 3.68. The minimum atomic E-state index is -0.282. The minimum absolute atomic E-state index is 0.203. The van der Waals surface area contributed by atoms with Crippen LogP contribution in [-0.4, -0.2) is 14.2 Å². The number of halogens is 2. The smallest absolute Gasteiger partial charge is 0.131 e. The molecule has 0 heterocycles. The van der Waals surface area contributed by atoms with Crippen molar-refractivity contribution in [2.24, 2.45) is 0 Å². The lowest BCUT2D eigenvalue weighted by atomic mass is 9.97. The van der Waals surface area contributed by atoms with Gasteiger partial charge in [-0.3, -0.25) is 0 Å². The summed E-state index contributed by atoms with van der Waals surface area (Å²) in [6.45, 7) is 0. The second kappa shape index (κ2) is 6.73. The van der Waals surface area contributed by atoms with E-state index in [1.54, 1.807) is 26.3 Å². The molecular formula is C16H17ClFNO. The van der Waals surface area contributed by atoms with Gasteiger partial charge >= 0.3 is 0 Å². The molecule has 4 heteroatoms. The average molecular weight is 294 g/mol. The van der Waals surface area contributed by atoms with Crippen LogP contribution in [0.3, 0.4) is 0 Å². The normalized spacial score (nSPS) is 12.2. The standard InChI is InChI=1S/C16H17ClFNO/c1-19-14(10-11-6-3-4-7-12(11)17)16-13(18)8-5-9-15(16)20-2/h3-9,14,19H,10H2,1-2H3. The van der Waals surface area contributed by atoms with Crippen LogP contribution in [0.15, 0.2) is 42.5 Å². The molecule has 0 aliphatic rings. The van der Waals surface area contributed by atoms with Crippen LogP contribution in [0, 0.1) is 5.82 Å². The first-order valence-electron chi connectivity index (χ1n) is 6.40. The molecule has 20 heavy (non-hydrogen) atoms. The first-order chi connectivity index (χ1) is 9.67. The fraction of sp³-hybridized carbons (Fsp3) is 0.250. The summed E-state index contributed by atoms with van der Waals surface area (Å²) in [6.07, 6.45) is 0.591. The van der Waals surface area contributed by atoms with Crippen molar-refractivity contribution in [1.82, 2.24) is 5.32 Å². The average Bonchev–Trinajstić information content (AvgIpc) is 2.47. The molecule has 0 radical (unpaired) electrons. The number of likely N-dealkylation sites (N-methyl/N-ethyl adjacent to an activating group) is 1. The second-order valence-corrected chi connectivity index (χ2v) is 4.90. The fourth-order valence-electron chi connectivity index (χ4n) is 2.27. The number of hydrogen-bond donors (Lipinski definition) is 1. The van der Waals surface area contributed by atoms with Crippen LogP contribution >= 0.6 is 11.6 Å². The highest BCUT2D eigenvalue weighted by Gasteiger charge is 2.20. The first kappa shape index (κ1) is 14.8. The Morgan fingerprint density at radius 2 is 1.95 bits per heavy atom. The Kier molecular flexibility index (Phi) is 4.99. The van der Waals surface area contributed by atoms with E-state index in [0.29, 0.717) is 22.8 Å². The summed E-state index contributed by atoms with van der Waals surface area (Å²) in [5.41, 5.74) is 1.50. The van der Waals surface area contributed by atoms with Crippen LogP contribution in [-0.2, 0) is 6.42 Å². The number of benzene rings is 2. The molecule has 2 rings (SSSR count). The molecule has 0 fully saturated rings. The molecule has 0 saturated heterocycles. The lowest BCUT2D eigenvalue weighted by Gasteiger charge is -2.20. The molecule has 0 aliphatic heterocycles. The van der Waals surface area contributed by atoms with Gasteiger partial charge in [0.15, 0.2) is 0 Å². The van der Waals surface area contributed by atoms with E-state index in [1.807, 2.05) is 24.3 Å². The Morgan fingerprint density at radius 1 is 1.20 bits per heavy atom. The predicted octanol–water partition coefficient (Wildman–Crippen LogP) is 3.99. The highest BCUT2D eigenvalue weighted by Crippen LogP contribution is 2.31. The van der Waals surface area contributed by atoms with Gasteiger partial charge < -0.3 is 10.1 Å². The van der Waals surface area contributed by atoms with Crippen LogP contribution < -0.4 is 10.1 Å². The zero-order valence-corrected chi connectivity index (χ0v) is 12.2. The maximum atomic E-state index is 14.1. The zero-order valence-electron chi connectivity index (χ0n) is 11.5. The number of rotatable bonds is 5. The van der Waals surface area contributed by atoms with E-state index >= 15 is 0 Å². The van der Waals surface area contributed by atoms with Gasteiger partial charge in [0.1, 0.15) is 11.6 Å². The SMILES string of the molecule is CNC(Cc1ccccc1Cl)c1c(F)cccc1OC. The van der Waals surface area contributed by atoms with Crippen molar-refractivity contribution in [3.63, 3.8) is 0 Å². The van der Waals surface area contributed by atoms with E-state index in [-0.39, 0.29) is 11.9 Å². The Bertz CT molecular complexity index is 588. The molecule has 1 unspecified atom stereocenters. The lowest BCUT2D eigenvalue weighted by Crippen LogP contribution is -2.21. The maximum absolute atomic E-state index is 14.1. The monoisotopic (exact) mass is 293 g/mol. The summed E-state index contributed by atoms with van der Waals surface area (Å²) in [6, 6.07) is 12.2. The van der Waals surface area contributed by atoms with E-state index in [9.17, 15) is 4.39 Å². The molecule has 2 nitrogen and oxygen atoms in total. The van der Waals surface area contributed by atoms with Crippen molar-refractivity contribution in [2.45, 2.75) is 12.5 Å². The third kappa shape index (κ3) is 3.11. The molecule has 2 aromatic carbocycles. The third-order valence-electron chi connectivity index (χ3n) is 3.31. The highest BCUT2D eigenvalue weighted by molar-refractivity contribution is 6.31. The second-order valence-electron chi connectivity index (χ2n) is 4.49. The molecule has 2 aromatic rings. The van der Waals surface area contributed by atoms with Crippen molar-refractivity contribution in [3.05, 3.63) is 64.4 Å². The number of methoxy groups -OCH3 is 1. The molecule has 0 aromatic heterocycles. The molecule has 1 atom stereocenters. The fourth-order valence-corrected chi connectivity index (χ4v) is 2.48. The van der Waals surface area contributed by atoms with Gasteiger partial charge in [-0.05, 0) is 37.2 Å². The number of ether oxygens (including phenoxy) is 1. The Morgan fingerprint density at radius 3 is 2.60 bits per heavy atom. The van der Waals surface area contributed by atoms with E-state index in [4.69, 9.17) is 16.3 Å². The first-order valence-corrected chi connectivity index (χ1v) is 6.78. The van der Waals surface area contributed by atoms with E-state index in [2.05, 4.69) is 5.32 Å². The van der Waals surface area contributed by atoms with Crippen molar-refractivity contribution < 1.29 is 9.13 Å². The van der Waals surface area contributed by atoms with E-state index in [0.717, 1.165) is 5.56 Å². The zero-order chi connectivity index (χ0) is 14.5. The topological polar surface area (TPSA) is 21.3 Å². The Labute approximate surface area is 123 Å². The van der Waals surface area contributed by atoms with Gasteiger partial charge in [0.25, 0.3) is 0 Å². The van der Waals surface area contributed by atoms with E-state index < -0.39 is 0 Å². The summed E-state index contributed by atoms with van der Waals surface area (Å²) in [4.78, 5) is 0.